The largest absolute Gasteiger partial charge is 0.364 e. The van der Waals surface area contributed by atoms with Gasteiger partial charge in [0.25, 0.3) is 0 Å². The van der Waals surface area contributed by atoms with Crippen LogP contribution in [0.4, 0.5) is 0 Å². The van der Waals surface area contributed by atoms with E-state index >= 15 is 0 Å². The third-order valence-corrected chi connectivity index (χ3v) is 1.46. The van der Waals surface area contributed by atoms with Gasteiger partial charge >= 0.3 is 0 Å². The predicted molar refractivity (Wildman–Crippen MR) is 31.7 cm³/mol. The van der Waals surface area contributed by atoms with Gasteiger partial charge in [0.1, 0.15) is 25.3 Å². The SMILES string of the molecule is C[C@@H]1C[NH2+]C[C@H](C)O1. The third kappa shape index (κ3) is 1.46. The van der Waals surface area contributed by atoms with Crippen LogP contribution in [-0.4, -0.2) is 25.3 Å². The molecule has 0 aliphatic carbocycles. The fourth-order valence-electron chi connectivity index (χ4n) is 1.07. The molecule has 1 fully saturated rings. The first-order valence-corrected chi connectivity index (χ1v) is 3.26. The summed E-state index contributed by atoms with van der Waals surface area (Å²) >= 11 is 0. The highest BCUT2D eigenvalue weighted by Gasteiger charge is 2.16. The van der Waals surface area contributed by atoms with Crippen LogP contribution in [0.1, 0.15) is 13.8 Å². The van der Waals surface area contributed by atoms with E-state index < -0.39 is 0 Å². The Hall–Kier alpha value is -0.0800. The van der Waals surface area contributed by atoms with Crippen molar-refractivity contribution < 1.29 is 10.1 Å². The molecule has 0 aromatic heterocycles. The highest BCUT2D eigenvalue weighted by Crippen LogP contribution is 1.95. The minimum absolute atomic E-state index is 0.457. The van der Waals surface area contributed by atoms with Gasteiger partial charge in [-0.05, 0) is 13.8 Å². The number of rotatable bonds is 0. The lowest BCUT2D eigenvalue weighted by molar-refractivity contribution is -0.683. The fourth-order valence-corrected chi connectivity index (χ4v) is 1.07. The summed E-state index contributed by atoms with van der Waals surface area (Å²) in [5.41, 5.74) is 0. The maximum Gasteiger partial charge on any atom is 0.104 e. The number of hydrogen-bond donors (Lipinski definition) is 1. The molecule has 0 bridgehead atoms. The van der Waals surface area contributed by atoms with E-state index in [1.807, 2.05) is 0 Å². The zero-order chi connectivity index (χ0) is 5.98. The van der Waals surface area contributed by atoms with Crippen molar-refractivity contribution in [3.05, 3.63) is 0 Å². The molecule has 0 radical (unpaired) electrons. The van der Waals surface area contributed by atoms with E-state index in [0.29, 0.717) is 12.2 Å². The van der Waals surface area contributed by atoms with Crippen LogP contribution in [0.25, 0.3) is 0 Å². The van der Waals surface area contributed by atoms with Gasteiger partial charge in [-0.15, -0.1) is 0 Å². The quantitative estimate of drug-likeness (QED) is 0.447. The Morgan fingerprint density at radius 3 is 2.00 bits per heavy atom. The average molecular weight is 116 g/mol. The van der Waals surface area contributed by atoms with E-state index in [0.717, 1.165) is 13.1 Å². The molecule has 0 unspecified atom stereocenters. The molecule has 2 nitrogen and oxygen atoms in total. The van der Waals surface area contributed by atoms with E-state index in [2.05, 4.69) is 19.2 Å². The van der Waals surface area contributed by atoms with Crippen LogP contribution < -0.4 is 5.32 Å². The van der Waals surface area contributed by atoms with Gasteiger partial charge in [0, 0.05) is 0 Å². The topological polar surface area (TPSA) is 25.8 Å². The molecule has 1 saturated heterocycles. The first-order valence-electron chi connectivity index (χ1n) is 3.26. The molecule has 2 N–H and O–H groups in total. The van der Waals surface area contributed by atoms with Crippen molar-refractivity contribution in [2.75, 3.05) is 13.1 Å². The van der Waals surface area contributed by atoms with Gasteiger partial charge < -0.3 is 10.1 Å². The molecule has 0 amide bonds. The summed E-state index contributed by atoms with van der Waals surface area (Å²) in [6.45, 7) is 6.49. The van der Waals surface area contributed by atoms with Gasteiger partial charge in [0.05, 0.1) is 0 Å². The second-order valence-electron chi connectivity index (χ2n) is 2.52. The van der Waals surface area contributed by atoms with Gasteiger partial charge in [0.15, 0.2) is 0 Å². The Morgan fingerprint density at radius 2 is 1.75 bits per heavy atom. The lowest BCUT2D eigenvalue weighted by Gasteiger charge is -2.22. The third-order valence-electron chi connectivity index (χ3n) is 1.46. The van der Waals surface area contributed by atoms with Crippen molar-refractivity contribution in [1.82, 2.24) is 0 Å². The summed E-state index contributed by atoms with van der Waals surface area (Å²) in [7, 11) is 0. The molecule has 1 aliphatic rings. The molecular formula is C6H14NO+. The van der Waals surface area contributed by atoms with Gasteiger partial charge in [-0.3, -0.25) is 0 Å². The molecule has 1 aliphatic heterocycles. The molecule has 0 spiro atoms. The van der Waals surface area contributed by atoms with Crippen LogP contribution in [0.5, 0.6) is 0 Å². The Morgan fingerprint density at radius 1 is 1.25 bits per heavy atom. The van der Waals surface area contributed by atoms with Crippen molar-refractivity contribution in [3.8, 4) is 0 Å². The van der Waals surface area contributed by atoms with E-state index in [4.69, 9.17) is 4.74 Å². The lowest BCUT2D eigenvalue weighted by atomic mass is 10.3. The zero-order valence-corrected chi connectivity index (χ0v) is 5.55. The van der Waals surface area contributed by atoms with Gasteiger partial charge in [-0.2, -0.15) is 0 Å². The van der Waals surface area contributed by atoms with Crippen LogP contribution in [0.3, 0.4) is 0 Å². The first-order chi connectivity index (χ1) is 3.79. The second kappa shape index (κ2) is 2.46. The number of hydrogen-bond acceptors (Lipinski definition) is 1. The van der Waals surface area contributed by atoms with Crippen molar-refractivity contribution in [2.45, 2.75) is 26.1 Å². The normalized spacial score (nSPS) is 39.8. The molecule has 2 atom stereocenters. The summed E-state index contributed by atoms with van der Waals surface area (Å²) in [5, 5.41) is 2.30. The van der Waals surface area contributed by atoms with Gasteiger partial charge in [-0.25, -0.2) is 0 Å². The summed E-state index contributed by atoms with van der Waals surface area (Å²) in [4.78, 5) is 0. The summed E-state index contributed by atoms with van der Waals surface area (Å²) < 4.78 is 5.45. The Bertz CT molecular complexity index is 66.9. The minimum Gasteiger partial charge on any atom is -0.364 e. The van der Waals surface area contributed by atoms with Crippen LogP contribution in [0.2, 0.25) is 0 Å². The molecule has 8 heavy (non-hydrogen) atoms. The minimum atomic E-state index is 0.457. The maximum absolute atomic E-state index is 5.45. The highest BCUT2D eigenvalue weighted by molar-refractivity contribution is 4.55. The molecule has 1 heterocycles. The molecule has 1 rings (SSSR count). The monoisotopic (exact) mass is 116 g/mol. The number of ether oxygens (including phenoxy) is 1. The Labute approximate surface area is 50.2 Å². The van der Waals surface area contributed by atoms with Crippen molar-refractivity contribution >= 4 is 0 Å². The molecule has 0 aromatic rings. The van der Waals surface area contributed by atoms with Crippen molar-refractivity contribution in [1.29, 1.82) is 0 Å². The van der Waals surface area contributed by atoms with Crippen molar-refractivity contribution in [2.24, 2.45) is 0 Å². The van der Waals surface area contributed by atoms with E-state index in [9.17, 15) is 0 Å². The number of morpholine rings is 1. The fraction of sp³-hybridized carbons (Fsp3) is 1.00. The smallest absolute Gasteiger partial charge is 0.104 e. The van der Waals surface area contributed by atoms with Crippen LogP contribution in [0, 0.1) is 0 Å². The van der Waals surface area contributed by atoms with E-state index in [-0.39, 0.29) is 0 Å². The van der Waals surface area contributed by atoms with Crippen LogP contribution >= 0.6 is 0 Å². The maximum atomic E-state index is 5.45. The molecule has 48 valence electrons. The second-order valence-corrected chi connectivity index (χ2v) is 2.52. The van der Waals surface area contributed by atoms with E-state index in [1.54, 1.807) is 0 Å². The molecule has 2 heteroatoms. The Balaban J connectivity index is 2.23. The summed E-state index contributed by atoms with van der Waals surface area (Å²) in [6, 6.07) is 0. The predicted octanol–water partition coefficient (Wildman–Crippen LogP) is -0.643. The van der Waals surface area contributed by atoms with Crippen molar-refractivity contribution in [3.63, 3.8) is 0 Å². The number of quaternary nitrogens is 1. The van der Waals surface area contributed by atoms with E-state index in [1.165, 1.54) is 0 Å². The highest BCUT2D eigenvalue weighted by atomic mass is 16.5. The van der Waals surface area contributed by atoms with Crippen LogP contribution in [-0.2, 0) is 4.74 Å². The molecule has 0 saturated carbocycles. The number of nitrogens with two attached hydrogens (primary N) is 1. The summed E-state index contributed by atoms with van der Waals surface area (Å²) in [5.74, 6) is 0. The van der Waals surface area contributed by atoms with Gasteiger partial charge in [-0.1, -0.05) is 0 Å². The van der Waals surface area contributed by atoms with Gasteiger partial charge in [0.2, 0.25) is 0 Å². The molecule has 0 aromatic carbocycles. The molecular weight excluding hydrogens is 102 g/mol. The lowest BCUT2D eigenvalue weighted by Crippen LogP contribution is -2.90. The zero-order valence-electron chi connectivity index (χ0n) is 5.55. The van der Waals surface area contributed by atoms with Crippen LogP contribution in [0.15, 0.2) is 0 Å². The standard InChI is InChI=1S/C6H13NO/c1-5-3-7-4-6(2)8-5/h5-7H,3-4H2,1-2H3/p+1/t5-,6+. The summed E-state index contributed by atoms with van der Waals surface area (Å²) in [6.07, 6.45) is 0.914. The average Bonchev–Trinajstić information content (AvgIpc) is 1.64. The first kappa shape index (κ1) is 6.05. The Kier molecular flexibility index (Phi) is 1.86.